The van der Waals surface area contributed by atoms with Crippen LogP contribution in [0.2, 0.25) is 0 Å². The first-order chi connectivity index (χ1) is 10.3. The second-order valence-electron chi connectivity index (χ2n) is 6.60. The van der Waals surface area contributed by atoms with Crippen LogP contribution in [0.15, 0.2) is 6.07 Å². The van der Waals surface area contributed by atoms with E-state index in [-0.39, 0.29) is 0 Å². The molecule has 1 N–H and O–H groups in total. The highest BCUT2D eigenvalue weighted by Crippen LogP contribution is 2.29. The largest absolute Gasteiger partial charge is 0.313 e. The molecule has 4 heteroatoms. The van der Waals surface area contributed by atoms with E-state index in [4.69, 9.17) is 5.10 Å². The second kappa shape index (κ2) is 6.93. The fourth-order valence-corrected chi connectivity index (χ4v) is 3.44. The second-order valence-corrected chi connectivity index (χ2v) is 6.60. The molecule has 1 saturated heterocycles. The van der Waals surface area contributed by atoms with E-state index < -0.39 is 0 Å². The lowest BCUT2D eigenvalue weighted by Gasteiger charge is -2.30. The third kappa shape index (κ3) is 3.86. The molecule has 2 aliphatic rings. The van der Waals surface area contributed by atoms with Gasteiger partial charge in [-0.05, 0) is 51.6 Å². The van der Waals surface area contributed by atoms with E-state index in [0.717, 1.165) is 25.6 Å². The van der Waals surface area contributed by atoms with Crippen LogP contribution in [0.1, 0.15) is 57.3 Å². The topological polar surface area (TPSA) is 33.1 Å². The van der Waals surface area contributed by atoms with Crippen LogP contribution in [0, 0.1) is 0 Å². The SMILES string of the molecule is CCc1cc(CN(CC2CCCCN2)C2CC2)n(CC)n1. The lowest BCUT2D eigenvalue weighted by atomic mass is 10.0. The summed E-state index contributed by atoms with van der Waals surface area (Å²) in [5.74, 6) is 0. The van der Waals surface area contributed by atoms with Gasteiger partial charge in [0.15, 0.2) is 0 Å². The summed E-state index contributed by atoms with van der Waals surface area (Å²) in [6.07, 6.45) is 7.89. The summed E-state index contributed by atoms with van der Waals surface area (Å²) in [6, 6.07) is 3.83. The normalized spacial score (nSPS) is 22.9. The molecule has 4 nitrogen and oxygen atoms in total. The Morgan fingerprint density at radius 1 is 1.29 bits per heavy atom. The molecular formula is C17H30N4. The molecule has 1 unspecified atom stereocenters. The maximum atomic E-state index is 4.70. The molecule has 2 fully saturated rings. The quantitative estimate of drug-likeness (QED) is 0.838. The standard InChI is InChI=1S/C17H30N4/c1-3-14-11-17(21(4-2)19-14)13-20(16-8-9-16)12-15-7-5-6-10-18-15/h11,15-16,18H,3-10,12-13H2,1-2H3. The summed E-state index contributed by atoms with van der Waals surface area (Å²) >= 11 is 0. The number of hydrogen-bond donors (Lipinski definition) is 1. The fourth-order valence-electron chi connectivity index (χ4n) is 3.44. The average Bonchev–Trinajstić information content (AvgIpc) is 3.29. The molecule has 2 heterocycles. The Morgan fingerprint density at radius 2 is 2.14 bits per heavy atom. The number of aryl methyl sites for hydroxylation is 2. The van der Waals surface area contributed by atoms with Crippen molar-refractivity contribution < 1.29 is 0 Å². The van der Waals surface area contributed by atoms with Crippen molar-refractivity contribution in [1.82, 2.24) is 20.0 Å². The molecule has 0 aromatic carbocycles. The molecule has 1 aromatic heterocycles. The number of aromatic nitrogens is 2. The van der Waals surface area contributed by atoms with E-state index in [1.165, 1.54) is 56.6 Å². The summed E-state index contributed by atoms with van der Waals surface area (Å²) in [6.45, 7) is 8.85. The molecule has 3 rings (SSSR count). The van der Waals surface area contributed by atoms with Crippen LogP contribution in [0.25, 0.3) is 0 Å². The third-order valence-electron chi connectivity index (χ3n) is 4.87. The van der Waals surface area contributed by atoms with Crippen molar-refractivity contribution >= 4 is 0 Å². The molecule has 1 aliphatic carbocycles. The van der Waals surface area contributed by atoms with Crippen LogP contribution in [-0.2, 0) is 19.5 Å². The number of piperidine rings is 1. The Hall–Kier alpha value is -0.870. The molecule has 0 bridgehead atoms. The summed E-state index contributed by atoms with van der Waals surface area (Å²) in [4.78, 5) is 2.70. The molecule has 0 amide bonds. The van der Waals surface area contributed by atoms with Crippen molar-refractivity contribution in [2.24, 2.45) is 0 Å². The molecule has 1 aliphatic heterocycles. The maximum Gasteiger partial charge on any atom is 0.0625 e. The van der Waals surface area contributed by atoms with Crippen molar-refractivity contribution in [2.45, 2.75) is 77.5 Å². The molecule has 0 spiro atoms. The Morgan fingerprint density at radius 3 is 2.76 bits per heavy atom. The lowest BCUT2D eigenvalue weighted by Crippen LogP contribution is -2.44. The minimum Gasteiger partial charge on any atom is -0.313 e. The van der Waals surface area contributed by atoms with Gasteiger partial charge in [0.1, 0.15) is 0 Å². The Balaban J connectivity index is 1.65. The van der Waals surface area contributed by atoms with E-state index in [9.17, 15) is 0 Å². The first-order valence-electron chi connectivity index (χ1n) is 8.83. The summed E-state index contributed by atoms with van der Waals surface area (Å²) in [5.41, 5.74) is 2.63. The highest BCUT2D eigenvalue weighted by Gasteiger charge is 2.31. The van der Waals surface area contributed by atoms with Crippen LogP contribution < -0.4 is 5.32 Å². The Kier molecular flexibility index (Phi) is 4.96. The Labute approximate surface area is 128 Å². The smallest absolute Gasteiger partial charge is 0.0625 e. The monoisotopic (exact) mass is 290 g/mol. The molecular weight excluding hydrogens is 260 g/mol. The van der Waals surface area contributed by atoms with Gasteiger partial charge in [-0.3, -0.25) is 9.58 Å². The van der Waals surface area contributed by atoms with E-state index >= 15 is 0 Å². The zero-order chi connectivity index (χ0) is 14.7. The maximum absolute atomic E-state index is 4.70. The summed E-state index contributed by atoms with van der Waals surface area (Å²) < 4.78 is 2.20. The minimum absolute atomic E-state index is 0.697. The van der Waals surface area contributed by atoms with Crippen molar-refractivity contribution in [3.63, 3.8) is 0 Å². The van der Waals surface area contributed by atoms with Crippen LogP contribution in [-0.4, -0.2) is 39.9 Å². The van der Waals surface area contributed by atoms with Gasteiger partial charge in [-0.1, -0.05) is 13.3 Å². The minimum atomic E-state index is 0.697. The van der Waals surface area contributed by atoms with Gasteiger partial charge >= 0.3 is 0 Å². The lowest BCUT2D eigenvalue weighted by molar-refractivity contribution is 0.203. The molecule has 118 valence electrons. The first-order valence-corrected chi connectivity index (χ1v) is 8.83. The highest BCUT2D eigenvalue weighted by atomic mass is 15.3. The van der Waals surface area contributed by atoms with Gasteiger partial charge in [-0.2, -0.15) is 5.10 Å². The highest BCUT2D eigenvalue weighted by molar-refractivity contribution is 5.11. The molecule has 21 heavy (non-hydrogen) atoms. The number of rotatable bonds is 7. The van der Waals surface area contributed by atoms with Crippen molar-refractivity contribution in [1.29, 1.82) is 0 Å². The van der Waals surface area contributed by atoms with E-state index in [2.05, 4.69) is 34.8 Å². The molecule has 1 aromatic rings. The van der Waals surface area contributed by atoms with E-state index in [1.54, 1.807) is 0 Å². The average molecular weight is 290 g/mol. The summed E-state index contributed by atoms with van der Waals surface area (Å²) in [7, 11) is 0. The van der Waals surface area contributed by atoms with E-state index in [0.29, 0.717) is 6.04 Å². The van der Waals surface area contributed by atoms with Gasteiger partial charge in [0, 0.05) is 31.7 Å². The van der Waals surface area contributed by atoms with Gasteiger partial charge in [-0.25, -0.2) is 0 Å². The number of nitrogens with zero attached hydrogens (tertiary/aromatic N) is 3. The van der Waals surface area contributed by atoms with Gasteiger partial charge in [-0.15, -0.1) is 0 Å². The molecule has 1 saturated carbocycles. The van der Waals surface area contributed by atoms with Crippen LogP contribution in [0.4, 0.5) is 0 Å². The van der Waals surface area contributed by atoms with Crippen molar-refractivity contribution in [2.75, 3.05) is 13.1 Å². The van der Waals surface area contributed by atoms with Gasteiger partial charge < -0.3 is 5.32 Å². The van der Waals surface area contributed by atoms with Crippen molar-refractivity contribution in [3.8, 4) is 0 Å². The summed E-state index contributed by atoms with van der Waals surface area (Å²) in [5, 5.41) is 8.40. The van der Waals surface area contributed by atoms with Gasteiger partial charge in [0.2, 0.25) is 0 Å². The zero-order valence-corrected chi connectivity index (χ0v) is 13.6. The van der Waals surface area contributed by atoms with Crippen molar-refractivity contribution in [3.05, 3.63) is 17.5 Å². The zero-order valence-electron chi connectivity index (χ0n) is 13.6. The number of nitrogens with one attached hydrogen (secondary N) is 1. The predicted octanol–water partition coefficient (Wildman–Crippen LogP) is 2.57. The van der Waals surface area contributed by atoms with Gasteiger partial charge in [0.05, 0.1) is 11.4 Å². The fraction of sp³-hybridized carbons (Fsp3) is 0.824. The number of hydrogen-bond acceptors (Lipinski definition) is 3. The predicted molar refractivity (Wildman–Crippen MR) is 86.4 cm³/mol. The Bertz CT molecular complexity index is 444. The molecule has 1 atom stereocenters. The van der Waals surface area contributed by atoms with Crippen LogP contribution in [0.5, 0.6) is 0 Å². The van der Waals surface area contributed by atoms with Crippen LogP contribution in [0.3, 0.4) is 0 Å². The van der Waals surface area contributed by atoms with E-state index in [1.807, 2.05) is 0 Å². The van der Waals surface area contributed by atoms with Gasteiger partial charge in [0.25, 0.3) is 0 Å². The molecule has 0 radical (unpaired) electrons. The third-order valence-corrected chi connectivity index (χ3v) is 4.87. The van der Waals surface area contributed by atoms with Crippen LogP contribution >= 0.6 is 0 Å². The first kappa shape index (κ1) is 15.0.